The van der Waals surface area contributed by atoms with Gasteiger partial charge in [-0.3, -0.25) is 0 Å². The molecule has 0 amide bonds. The summed E-state index contributed by atoms with van der Waals surface area (Å²) in [6.07, 6.45) is 0.788. The lowest BCUT2D eigenvalue weighted by Crippen LogP contribution is -2.60. The van der Waals surface area contributed by atoms with Crippen LogP contribution in [-0.4, -0.2) is 6.71 Å². The maximum atomic E-state index is 6.92. The van der Waals surface area contributed by atoms with Crippen LogP contribution in [0.3, 0.4) is 0 Å². The van der Waals surface area contributed by atoms with Crippen molar-refractivity contribution >= 4 is 23.1 Å². The van der Waals surface area contributed by atoms with Crippen LogP contribution in [0.5, 0.6) is 34.5 Å². The minimum absolute atomic E-state index is 0.0181. The first kappa shape index (κ1) is 31.5. The Morgan fingerprint density at radius 1 is 0.407 bits per heavy atom. The molecule has 0 saturated heterocycles. The fraction of sp³-hybridized carbons (Fsp3) is 0.160. The quantitative estimate of drug-likeness (QED) is 0.172. The van der Waals surface area contributed by atoms with E-state index in [1.54, 1.807) is 0 Å². The molecule has 0 spiro atoms. The zero-order valence-corrected chi connectivity index (χ0v) is 31.2. The third kappa shape index (κ3) is 4.49. The van der Waals surface area contributed by atoms with E-state index in [-0.39, 0.29) is 17.5 Å². The second-order valence-corrected chi connectivity index (χ2v) is 17.0. The van der Waals surface area contributed by atoms with E-state index in [0.717, 1.165) is 57.3 Å². The number of ether oxygens (including phenoxy) is 3. The van der Waals surface area contributed by atoms with Gasteiger partial charge in [-0.15, -0.1) is 0 Å². The second kappa shape index (κ2) is 11.0. The Balaban J connectivity index is 1.04. The van der Waals surface area contributed by atoms with Crippen LogP contribution in [-0.2, 0) is 17.3 Å². The average Bonchev–Trinajstić information content (AvgIpc) is 3.17. The fourth-order valence-electron chi connectivity index (χ4n) is 9.36. The molecule has 7 aromatic rings. The Morgan fingerprint density at radius 3 is 1.44 bits per heavy atom. The molecule has 0 N–H and O–H groups in total. The lowest BCUT2D eigenvalue weighted by Gasteiger charge is -2.39. The minimum Gasteiger partial charge on any atom is -0.458 e. The van der Waals surface area contributed by atoms with E-state index in [9.17, 15) is 0 Å². The van der Waals surface area contributed by atoms with E-state index in [0.29, 0.717) is 0 Å². The first-order valence-electron chi connectivity index (χ1n) is 19.1. The van der Waals surface area contributed by atoms with E-state index < -0.39 is 0 Å². The highest BCUT2D eigenvalue weighted by Gasteiger charge is 2.47. The van der Waals surface area contributed by atoms with Crippen LogP contribution in [0.15, 0.2) is 133 Å². The SMILES string of the molecule is CC(C)(C)c1cc2c3c(c1)Oc1ccc(CC(C)(C)c4ccc5c(c4)-c4ccccc4-c4ccccc4-c4ccccc4-5)c4c1B3c1c(cccc1O4)O2. The third-order valence-corrected chi connectivity index (χ3v) is 12.1. The third-order valence-electron chi connectivity index (χ3n) is 12.1. The van der Waals surface area contributed by atoms with E-state index in [1.807, 2.05) is 6.07 Å². The van der Waals surface area contributed by atoms with Crippen molar-refractivity contribution in [2.45, 2.75) is 51.9 Å². The summed E-state index contributed by atoms with van der Waals surface area (Å²) in [4.78, 5) is 0. The minimum atomic E-state index is -0.226. The van der Waals surface area contributed by atoms with Gasteiger partial charge in [0.25, 0.3) is 6.71 Å². The maximum absolute atomic E-state index is 6.92. The number of benzene rings is 7. The zero-order chi connectivity index (χ0) is 36.5. The summed E-state index contributed by atoms with van der Waals surface area (Å²) >= 11 is 0. The summed E-state index contributed by atoms with van der Waals surface area (Å²) in [5.74, 6) is 5.24. The van der Waals surface area contributed by atoms with Gasteiger partial charge in [-0.05, 0) is 115 Å². The van der Waals surface area contributed by atoms with Crippen LogP contribution in [0.25, 0.3) is 44.5 Å². The molecule has 0 radical (unpaired) electrons. The molecule has 260 valence electrons. The van der Waals surface area contributed by atoms with Gasteiger partial charge >= 0.3 is 0 Å². The van der Waals surface area contributed by atoms with Crippen molar-refractivity contribution in [3.8, 4) is 79.0 Å². The van der Waals surface area contributed by atoms with Gasteiger partial charge in [-0.25, -0.2) is 0 Å². The first-order valence-corrected chi connectivity index (χ1v) is 19.1. The lowest BCUT2D eigenvalue weighted by molar-refractivity contribution is 0.431. The van der Waals surface area contributed by atoms with Gasteiger partial charge in [0.2, 0.25) is 0 Å². The summed E-state index contributed by atoms with van der Waals surface area (Å²) in [6.45, 7) is 11.4. The van der Waals surface area contributed by atoms with Gasteiger partial charge in [0.15, 0.2) is 0 Å². The van der Waals surface area contributed by atoms with Crippen molar-refractivity contribution in [1.29, 1.82) is 0 Å². The number of fused-ring (bicyclic) bond motifs is 8. The molecule has 0 saturated carbocycles. The van der Waals surface area contributed by atoms with Gasteiger partial charge in [-0.2, -0.15) is 0 Å². The molecular formula is C50H39BO3. The van der Waals surface area contributed by atoms with Gasteiger partial charge in [-0.1, -0.05) is 132 Å². The largest absolute Gasteiger partial charge is 0.458 e. The Labute approximate surface area is 317 Å². The monoisotopic (exact) mass is 698 g/mol. The van der Waals surface area contributed by atoms with Crippen LogP contribution < -0.4 is 30.6 Å². The van der Waals surface area contributed by atoms with Crippen molar-refractivity contribution in [1.82, 2.24) is 0 Å². The van der Waals surface area contributed by atoms with Crippen molar-refractivity contribution in [3.63, 3.8) is 0 Å². The highest BCUT2D eigenvalue weighted by molar-refractivity contribution is 6.99. The number of rotatable bonds is 3. The predicted molar refractivity (Wildman–Crippen MR) is 221 cm³/mol. The standard InChI is InChI=1S/C50H39BO3/c1-49(2,3)31-26-43-46-44(27-31)53-42-24-21-29(48-47(42)51(46)45-40(52-43)19-12-20-41(45)54-48)28-50(4,5)30-22-23-38-36-17-9-8-15-34(36)32-13-6-7-14-33(32)35-16-10-11-18-37(35)39(38)25-30/h6-27H,28H2,1-5H3. The highest BCUT2D eigenvalue weighted by atomic mass is 16.5. The topological polar surface area (TPSA) is 27.7 Å². The predicted octanol–water partition coefficient (Wildman–Crippen LogP) is 11.3. The molecule has 0 atom stereocenters. The number of hydrogen-bond acceptors (Lipinski definition) is 3. The van der Waals surface area contributed by atoms with Crippen LogP contribution in [0.2, 0.25) is 0 Å². The van der Waals surface area contributed by atoms with Crippen LogP contribution in [0.4, 0.5) is 0 Å². The first-order chi connectivity index (χ1) is 26.1. The van der Waals surface area contributed by atoms with Gasteiger partial charge < -0.3 is 14.2 Å². The van der Waals surface area contributed by atoms with E-state index in [1.165, 1.54) is 61.2 Å². The average molecular weight is 699 g/mol. The summed E-state index contributed by atoms with van der Waals surface area (Å²) in [5, 5.41) is 0. The van der Waals surface area contributed by atoms with Gasteiger partial charge in [0, 0.05) is 16.4 Å². The zero-order valence-electron chi connectivity index (χ0n) is 31.2. The van der Waals surface area contributed by atoms with Gasteiger partial charge in [0.1, 0.15) is 34.5 Å². The molecule has 4 heteroatoms. The second-order valence-electron chi connectivity index (χ2n) is 17.0. The molecule has 1 aliphatic carbocycles. The van der Waals surface area contributed by atoms with E-state index in [4.69, 9.17) is 14.2 Å². The Kier molecular flexibility index (Phi) is 6.43. The molecule has 0 unspecified atom stereocenters. The normalized spacial score (nSPS) is 13.8. The molecule has 0 aromatic heterocycles. The molecule has 3 heterocycles. The maximum Gasteiger partial charge on any atom is 0.270 e. The smallest absolute Gasteiger partial charge is 0.270 e. The summed E-state index contributed by atoms with van der Waals surface area (Å²) in [7, 11) is 0. The molecule has 7 aromatic carbocycles. The van der Waals surface area contributed by atoms with Crippen molar-refractivity contribution < 1.29 is 14.2 Å². The van der Waals surface area contributed by atoms with E-state index >= 15 is 0 Å². The fourth-order valence-corrected chi connectivity index (χ4v) is 9.36. The Bertz CT molecular complexity index is 2730. The number of hydrogen-bond donors (Lipinski definition) is 0. The van der Waals surface area contributed by atoms with Crippen LogP contribution in [0, 0.1) is 0 Å². The van der Waals surface area contributed by atoms with E-state index in [2.05, 4.69) is 162 Å². The Morgan fingerprint density at radius 2 is 0.889 bits per heavy atom. The summed E-state index contributed by atoms with van der Waals surface area (Å²) < 4.78 is 20.3. The van der Waals surface area contributed by atoms with Crippen LogP contribution in [0.1, 0.15) is 51.3 Å². The summed E-state index contributed by atoms with van der Waals surface area (Å²) in [6, 6.07) is 48.7. The molecule has 0 fully saturated rings. The molecule has 3 aliphatic heterocycles. The lowest BCUT2D eigenvalue weighted by atomic mass is 9.33. The molecule has 54 heavy (non-hydrogen) atoms. The molecule has 0 bridgehead atoms. The summed E-state index contributed by atoms with van der Waals surface area (Å²) in [5.41, 5.74) is 16.7. The molecular weight excluding hydrogens is 659 g/mol. The molecule has 11 rings (SSSR count). The van der Waals surface area contributed by atoms with Crippen molar-refractivity contribution in [3.05, 3.63) is 150 Å². The Hall–Kier alpha value is -6.00. The molecule has 3 nitrogen and oxygen atoms in total. The van der Waals surface area contributed by atoms with Crippen molar-refractivity contribution in [2.75, 3.05) is 0 Å². The molecule has 4 aliphatic rings. The van der Waals surface area contributed by atoms with Crippen molar-refractivity contribution in [2.24, 2.45) is 0 Å². The van der Waals surface area contributed by atoms with Crippen LogP contribution >= 0.6 is 0 Å². The highest BCUT2D eigenvalue weighted by Crippen LogP contribution is 2.50. The van der Waals surface area contributed by atoms with Gasteiger partial charge in [0.05, 0.1) is 0 Å².